The van der Waals surface area contributed by atoms with Gasteiger partial charge in [0.2, 0.25) is 15.0 Å². The normalized spacial score (nSPS) is 11.1. The van der Waals surface area contributed by atoms with Gasteiger partial charge in [-0.1, -0.05) is 18.2 Å². The van der Waals surface area contributed by atoms with Crippen molar-refractivity contribution < 1.29 is 22.7 Å². The Morgan fingerprint density at radius 3 is 2.62 bits per heavy atom. The Kier molecular flexibility index (Phi) is 6.18. The lowest BCUT2D eigenvalue weighted by molar-refractivity contribution is 0.0946. The van der Waals surface area contributed by atoms with Crippen molar-refractivity contribution in [3.05, 3.63) is 66.5 Å². The van der Waals surface area contributed by atoms with E-state index >= 15 is 0 Å². The van der Waals surface area contributed by atoms with Crippen molar-refractivity contribution in [2.24, 2.45) is 0 Å². The molecule has 0 unspecified atom stereocenters. The van der Waals surface area contributed by atoms with E-state index < -0.39 is 9.84 Å². The first-order chi connectivity index (χ1) is 13.9. The number of sulfone groups is 1. The summed E-state index contributed by atoms with van der Waals surface area (Å²) in [6.45, 7) is 0.562. The van der Waals surface area contributed by atoms with Crippen LogP contribution in [-0.2, 0) is 9.84 Å². The SMILES string of the molecule is COc1ccccc1OCCNC(=O)c1cccc(-n2ccnc2S(C)(=O)=O)c1. The Balaban J connectivity index is 1.64. The Hall–Kier alpha value is -3.33. The van der Waals surface area contributed by atoms with Crippen LogP contribution in [0, 0.1) is 0 Å². The number of rotatable bonds is 8. The molecule has 0 fully saturated rings. The number of methoxy groups -OCH3 is 1. The van der Waals surface area contributed by atoms with E-state index in [4.69, 9.17) is 9.47 Å². The molecular formula is C20H21N3O5S. The zero-order chi connectivity index (χ0) is 20.9. The summed E-state index contributed by atoms with van der Waals surface area (Å²) in [4.78, 5) is 16.3. The van der Waals surface area contributed by atoms with Gasteiger partial charge in [-0.3, -0.25) is 9.36 Å². The maximum atomic E-state index is 12.4. The lowest BCUT2D eigenvalue weighted by Gasteiger charge is -2.11. The molecule has 8 nitrogen and oxygen atoms in total. The minimum atomic E-state index is -3.50. The molecule has 1 heterocycles. The predicted octanol–water partition coefficient (Wildman–Crippen LogP) is 2.09. The maximum Gasteiger partial charge on any atom is 0.251 e. The molecule has 0 spiro atoms. The lowest BCUT2D eigenvalue weighted by Crippen LogP contribution is -2.28. The Morgan fingerprint density at radius 1 is 1.14 bits per heavy atom. The van der Waals surface area contributed by atoms with Crippen LogP contribution in [0.3, 0.4) is 0 Å². The van der Waals surface area contributed by atoms with Crippen molar-refractivity contribution in [2.45, 2.75) is 5.16 Å². The highest BCUT2D eigenvalue weighted by Crippen LogP contribution is 2.25. The number of amides is 1. The van der Waals surface area contributed by atoms with Crippen molar-refractivity contribution in [2.75, 3.05) is 26.5 Å². The second-order valence-corrected chi connectivity index (χ2v) is 8.07. The van der Waals surface area contributed by atoms with E-state index in [0.29, 0.717) is 29.3 Å². The highest BCUT2D eigenvalue weighted by Gasteiger charge is 2.16. The largest absolute Gasteiger partial charge is 0.493 e. The van der Waals surface area contributed by atoms with Crippen LogP contribution >= 0.6 is 0 Å². The van der Waals surface area contributed by atoms with Crippen molar-refractivity contribution in [3.63, 3.8) is 0 Å². The van der Waals surface area contributed by atoms with Crippen LogP contribution in [0.4, 0.5) is 0 Å². The molecule has 0 radical (unpaired) electrons. The molecule has 0 aliphatic carbocycles. The Bertz CT molecular complexity index is 1110. The number of imidazole rings is 1. The number of hydrogen-bond acceptors (Lipinski definition) is 6. The minimum absolute atomic E-state index is 0.0831. The van der Waals surface area contributed by atoms with E-state index in [1.165, 1.54) is 17.0 Å². The van der Waals surface area contributed by atoms with Crippen molar-refractivity contribution >= 4 is 15.7 Å². The van der Waals surface area contributed by atoms with Crippen LogP contribution in [0.25, 0.3) is 5.69 Å². The van der Waals surface area contributed by atoms with E-state index in [1.54, 1.807) is 43.5 Å². The van der Waals surface area contributed by atoms with Gasteiger partial charge in [-0.2, -0.15) is 0 Å². The molecule has 0 bridgehead atoms. The molecule has 3 rings (SSSR count). The fourth-order valence-corrected chi connectivity index (χ4v) is 3.50. The molecule has 9 heteroatoms. The molecular weight excluding hydrogens is 394 g/mol. The molecule has 152 valence electrons. The van der Waals surface area contributed by atoms with Crippen LogP contribution in [0.2, 0.25) is 0 Å². The monoisotopic (exact) mass is 415 g/mol. The number of ether oxygens (including phenoxy) is 2. The van der Waals surface area contributed by atoms with E-state index in [2.05, 4.69) is 10.3 Å². The zero-order valence-corrected chi connectivity index (χ0v) is 16.8. The van der Waals surface area contributed by atoms with Crippen molar-refractivity contribution in [1.29, 1.82) is 0 Å². The molecule has 29 heavy (non-hydrogen) atoms. The number of para-hydroxylation sites is 2. The third-order valence-electron chi connectivity index (χ3n) is 4.04. The van der Waals surface area contributed by atoms with Crippen molar-refractivity contribution in [1.82, 2.24) is 14.9 Å². The minimum Gasteiger partial charge on any atom is -0.493 e. The van der Waals surface area contributed by atoms with E-state index in [9.17, 15) is 13.2 Å². The topological polar surface area (TPSA) is 99.5 Å². The van der Waals surface area contributed by atoms with Crippen LogP contribution < -0.4 is 14.8 Å². The first kappa shape index (κ1) is 20.4. The summed E-state index contributed by atoms with van der Waals surface area (Å²) in [6.07, 6.45) is 4.02. The first-order valence-electron chi connectivity index (χ1n) is 8.78. The fourth-order valence-electron chi connectivity index (χ4n) is 2.72. The van der Waals surface area contributed by atoms with Gasteiger partial charge in [0.1, 0.15) is 6.61 Å². The number of aromatic nitrogens is 2. The highest BCUT2D eigenvalue weighted by molar-refractivity contribution is 7.90. The molecule has 0 aliphatic heterocycles. The molecule has 1 N–H and O–H groups in total. The second kappa shape index (κ2) is 8.78. The van der Waals surface area contributed by atoms with Gasteiger partial charge in [-0.25, -0.2) is 13.4 Å². The van der Waals surface area contributed by atoms with Gasteiger partial charge in [-0.05, 0) is 30.3 Å². The standard InChI is InChI=1S/C20H21N3O5S/c1-27-17-8-3-4-9-18(17)28-13-11-21-19(24)15-6-5-7-16(14-15)23-12-10-22-20(23)29(2,25)26/h3-10,12,14H,11,13H2,1-2H3,(H,21,24). The number of carbonyl (C=O) groups is 1. The first-order valence-corrected chi connectivity index (χ1v) is 10.7. The summed E-state index contributed by atoms with van der Waals surface area (Å²) in [6, 6.07) is 13.9. The quantitative estimate of drug-likeness (QED) is 0.566. The molecule has 0 saturated heterocycles. The Labute approximate surface area is 169 Å². The smallest absolute Gasteiger partial charge is 0.251 e. The average Bonchev–Trinajstić information content (AvgIpc) is 3.22. The molecule has 0 atom stereocenters. The van der Waals surface area contributed by atoms with Crippen LogP contribution in [0.1, 0.15) is 10.4 Å². The van der Waals surface area contributed by atoms with Crippen LogP contribution in [0.5, 0.6) is 11.5 Å². The zero-order valence-electron chi connectivity index (χ0n) is 16.0. The van der Waals surface area contributed by atoms with E-state index in [-0.39, 0.29) is 17.7 Å². The third kappa shape index (κ3) is 4.94. The molecule has 1 amide bonds. The lowest BCUT2D eigenvalue weighted by atomic mass is 10.2. The van der Waals surface area contributed by atoms with Crippen LogP contribution in [-0.4, -0.2) is 50.4 Å². The van der Waals surface area contributed by atoms with Gasteiger partial charge in [0.25, 0.3) is 5.91 Å². The highest BCUT2D eigenvalue weighted by atomic mass is 32.2. The summed E-state index contributed by atoms with van der Waals surface area (Å²) >= 11 is 0. The number of hydrogen-bond donors (Lipinski definition) is 1. The number of nitrogens with one attached hydrogen (secondary N) is 1. The molecule has 1 aromatic heterocycles. The van der Waals surface area contributed by atoms with Gasteiger partial charge in [0.05, 0.1) is 13.7 Å². The summed E-state index contributed by atoms with van der Waals surface area (Å²) in [5, 5.41) is 2.69. The third-order valence-corrected chi connectivity index (χ3v) is 5.00. The Morgan fingerprint density at radius 2 is 1.90 bits per heavy atom. The van der Waals surface area contributed by atoms with Gasteiger partial charge in [0, 0.05) is 29.9 Å². The molecule has 3 aromatic rings. The summed E-state index contributed by atoms with van der Waals surface area (Å²) in [5.74, 6) is 0.921. The summed E-state index contributed by atoms with van der Waals surface area (Å²) in [7, 11) is -1.93. The van der Waals surface area contributed by atoms with E-state index in [1.807, 2.05) is 12.1 Å². The van der Waals surface area contributed by atoms with E-state index in [0.717, 1.165) is 6.26 Å². The molecule has 0 aliphatic rings. The predicted molar refractivity (Wildman–Crippen MR) is 107 cm³/mol. The fraction of sp³-hybridized carbons (Fsp3) is 0.200. The van der Waals surface area contributed by atoms with Crippen molar-refractivity contribution in [3.8, 4) is 17.2 Å². The maximum absolute atomic E-state index is 12.4. The average molecular weight is 415 g/mol. The molecule has 0 saturated carbocycles. The summed E-state index contributed by atoms with van der Waals surface area (Å²) < 4.78 is 36.0. The molecule has 2 aromatic carbocycles. The van der Waals surface area contributed by atoms with Gasteiger partial charge < -0.3 is 14.8 Å². The summed E-state index contributed by atoms with van der Waals surface area (Å²) in [5.41, 5.74) is 0.925. The van der Waals surface area contributed by atoms with Gasteiger partial charge in [0.15, 0.2) is 11.5 Å². The van der Waals surface area contributed by atoms with Gasteiger partial charge >= 0.3 is 0 Å². The van der Waals surface area contributed by atoms with Crippen LogP contribution in [0.15, 0.2) is 66.1 Å². The van der Waals surface area contributed by atoms with Gasteiger partial charge in [-0.15, -0.1) is 0 Å². The second-order valence-electron chi connectivity index (χ2n) is 6.16. The number of benzene rings is 2. The number of nitrogens with zero attached hydrogens (tertiary/aromatic N) is 2. The number of carbonyl (C=O) groups excluding carboxylic acids is 1.